The molecule has 104 valence electrons. The standard InChI is InChI=1S/C15H22N2O2/c1-16-13-7-9-17(10-8-13)15(18)11-12-3-5-14(19-2)6-4-12/h3-6,13,16H,7-11H2,1-2H3. The quantitative estimate of drug-likeness (QED) is 0.893. The summed E-state index contributed by atoms with van der Waals surface area (Å²) in [6.07, 6.45) is 2.57. The highest BCUT2D eigenvalue weighted by Crippen LogP contribution is 2.15. The lowest BCUT2D eigenvalue weighted by atomic mass is 10.0. The number of rotatable bonds is 4. The number of carbonyl (C=O) groups is 1. The van der Waals surface area contributed by atoms with Crippen molar-refractivity contribution < 1.29 is 9.53 Å². The molecule has 4 heteroatoms. The van der Waals surface area contributed by atoms with Gasteiger partial charge in [-0.1, -0.05) is 12.1 Å². The van der Waals surface area contributed by atoms with E-state index >= 15 is 0 Å². The van der Waals surface area contributed by atoms with E-state index < -0.39 is 0 Å². The van der Waals surface area contributed by atoms with Crippen LogP contribution in [0.3, 0.4) is 0 Å². The Bertz CT molecular complexity index is 409. The number of likely N-dealkylation sites (tertiary alicyclic amines) is 1. The molecule has 1 aromatic carbocycles. The van der Waals surface area contributed by atoms with Gasteiger partial charge in [0.1, 0.15) is 5.75 Å². The van der Waals surface area contributed by atoms with Gasteiger partial charge in [0.2, 0.25) is 5.91 Å². The smallest absolute Gasteiger partial charge is 0.226 e. The van der Waals surface area contributed by atoms with Gasteiger partial charge in [-0.3, -0.25) is 4.79 Å². The van der Waals surface area contributed by atoms with E-state index in [1.54, 1.807) is 7.11 Å². The Hall–Kier alpha value is -1.55. The molecule has 1 N–H and O–H groups in total. The minimum absolute atomic E-state index is 0.222. The molecule has 1 aromatic rings. The molecule has 1 amide bonds. The van der Waals surface area contributed by atoms with Crippen LogP contribution in [0.4, 0.5) is 0 Å². The van der Waals surface area contributed by atoms with Crippen LogP contribution in [0.25, 0.3) is 0 Å². The fourth-order valence-electron chi connectivity index (χ4n) is 2.45. The lowest BCUT2D eigenvalue weighted by molar-refractivity contribution is -0.131. The third kappa shape index (κ3) is 3.70. The fraction of sp³-hybridized carbons (Fsp3) is 0.533. The highest BCUT2D eigenvalue weighted by atomic mass is 16.5. The van der Waals surface area contributed by atoms with Gasteiger partial charge >= 0.3 is 0 Å². The van der Waals surface area contributed by atoms with E-state index in [2.05, 4.69) is 5.32 Å². The first-order valence-corrected chi connectivity index (χ1v) is 6.81. The number of carbonyl (C=O) groups excluding carboxylic acids is 1. The number of hydrogen-bond donors (Lipinski definition) is 1. The first-order valence-electron chi connectivity index (χ1n) is 6.81. The maximum absolute atomic E-state index is 12.2. The molecular weight excluding hydrogens is 240 g/mol. The van der Waals surface area contributed by atoms with Crippen LogP contribution in [0.1, 0.15) is 18.4 Å². The van der Waals surface area contributed by atoms with Crippen LogP contribution < -0.4 is 10.1 Å². The van der Waals surface area contributed by atoms with Crippen LogP contribution >= 0.6 is 0 Å². The van der Waals surface area contributed by atoms with Crippen molar-refractivity contribution in [2.24, 2.45) is 0 Å². The van der Waals surface area contributed by atoms with Gasteiger partial charge in [-0.15, -0.1) is 0 Å². The number of amides is 1. The van der Waals surface area contributed by atoms with Gasteiger partial charge in [0.05, 0.1) is 13.5 Å². The van der Waals surface area contributed by atoms with Crippen molar-refractivity contribution in [1.29, 1.82) is 0 Å². The van der Waals surface area contributed by atoms with E-state index in [0.29, 0.717) is 12.5 Å². The number of methoxy groups -OCH3 is 1. The molecule has 19 heavy (non-hydrogen) atoms. The molecule has 0 bridgehead atoms. The first kappa shape index (κ1) is 13.9. The van der Waals surface area contributed by atoms with E-state index in [9.17, 15) is 4.79 Å². The van der Waals surface area contributed by atoms with Crippen LogP contribution in [-0.2, 0) is 11.2 Å². The molecule has 4 nitrogen and oxygen atoms in total. The van der Waals surface area contributed by atoms with Gasteiger partial charge in [0.25, 0.3) is 0 Å². The zero-order valence-corrected chi connectivity index (χ0v) is 11.7. The predicted octanol–water partition coefficient (Wildman–Crippen LogP) is 1.45. The molecule has 1 aliphatic heterocycles. The van der Waals surface area contributed by atoms with E-state index in [4.69, 9.17) is 4.74 Å². The molecule has 1 aliphatic rings. The molecule has 0 radical (unpaired) electrons. The maximum atomic E-state index is 12.2. The Balaban J connectivity index is 1.86. The van der Waals surface area contributed by atoms with Crippen LogP contribution in [0.2, 0.25) is 0 Å². The summed E-state index contributed by atoms with van der Waals surface area (Å²) in [5, 5.41) is 3.27. The molecular formula is C15H22N2O2. The molecule has 0 atom stereocenters. The summed E-state index contributed by atoms with van der Waals surface area (Å²) in [4.78, 5) is 14.2. The second-order valence-corrected chi connectivity index (χ2v) is 4.97. The second-order valence-electron chi connectivity index (χ2n) is 4.97. The summed E-state index contributed by atoms with van der Waals surface area (Å²) in [5.74, 6) is 1.05. The summed E-state index contributed by atoms with van der Waals surface area (Å²) in [6.45, 7) is 1.72. The Morgan fingerprint density at radius 2 is 1.95 bits per heavy atom. The van der Waals surface area contributed by atoms with Crippen LogP contribution in [-0.4, -0.2) is 44.1 Å². The number of piperidine rings is 1. The summed E-state index contributed by atoms with van der Waals surface area (Å²) < 4.78 is 5.11. The average Bonchev–Trinajstić information content (AvgIpc) is 2.48. The SMILES string of the molecule is CNC1CCN(C(=O)Cc2ccc(OC)cc2)CC1. The van der Waals surface area contributed by atoms with E-state index in [1.165, 1.54) is 0 Å². The number of hydrogen-bond acceptors (Lipinski definition) is 3. The van der Waals surface area contributed by atoms with Gasteiger partial charge < -0.3 is 15.0 Å². The number of ether oxygens (including phenoxy) is 1. The highest BCUT2D eigenvalue weighted by Gasteiger charge is 2.21. The molecule has 0 spiro atoms. The monoisotopic (exact) mass is 262 g/mol. The molecule has 0 aliphatic carbocycles. The zero-order chi connectivity index (χ0) is 13.7. The predicted molar refractivity (Wildman–Crippen MR) is 75.4 cm³/mol. The normalized spacial score (nSPS) is 16.4. The van der Waals surface area contributed by atoms with Crippen molar-refractivity contribution in [3.63, 3.8) is 0 Å². The third-order valence-corrected chi connectivity index (χ3v) is 3.77. The lowest BCUT2D eigenvalue weighted by Gasteiger charge is -2.31. The summed E-state index contributed by atoms with van der Waals surface area (Å²) in [7, 11) is 3.63. The van der Waals surface area contributed by atoms with Crippen LogP contribution in [0.15, 0.2) is 24.3 Å². The van der Waals surface area contributed by atoms with Crippen LogP contribution in [0.5, 0.6) is 5.75 Å². The molecule has 1 fully saturated rings. The van der Waals surface area contributed by atoms with Gasteiger partial charge in [0, 0.05) is 19.1 Å². The Morgan fingerprint density at radius 3 is 2.47 bits per heavy atom. The number of benzene rings is 1. The molecule has 0 saturated carbocycles. The maximum Gasteiger partial charge on any atom is 0.226 e. The molecule has 0 unspecified atom stereocenters. The summed E-state index contributed by atoms with van der Waals surface area (Å²) in [5.41, 5.74) is 1.04. The van der Waals surface area contributed by atoms with Crippen molar-refractivity contribution in [1.82, 2.24) is 10.2 Å². The van der Waals surface area contributed by atoms with Gasteiger partial charge in [-0.05, 0) is 37.6 Å². The molecule has 0 aromatic heterocycles. The van der Waals surface area contributed by atoms with Crippen molar-refractivity contribution in [3.8, 4) is 5.75 Å². The first-order chi connectivity index (χ1) is 9.22. The van der Waals surface area contributed by atoms with E-state index in [1.807, 2.05) is 36.2 Å². The van der Waals surface area contributed by atoms with Crippen molar-refractivity contribution >= 4 is 5.91 Å². The number of nitrogens with zero attached hydrogens (tertiary/aromatic N) is 1. The fourth-order valence-corrected chi connectivity index (χ4v) is 2.45. The van der Waals surface area contributed by atoms with Crippen molar-refractivity contribution in [3.05, 3.63) is 29.8 Å². The Kier molecular flexibility index (Phi) is 4.80. The summed E-state index contributed by atoms with van der Waals surface area (Å²) >= 11 is 0. The topological polar surface area (TPSA) is 41.6 Å². The van der Waals surface area contributed by atoms with Gasteiger partial charge in [0.15, 0.2) is 0 Å². The van der Waals surface area contributed by atoms with Gasteiger partial charge in [-0.25, -0.2) is 0 Å². The second kappa shape index (κ2) is 6.57. The van der Waals surface area contributed by atoms with Gasteiger partial charge in [-0.2, -0.15) is 0 Å². The Labute approximate surface area is 114 Å². The molecule has 2 rings (SSSR count). The van der Waals surface area contributed by atoms with Crippen molar-refractivity contribution in [2.75, 3.05) is 27.2 Å². The molecule has 1 saturated heterocycles. The highest BCUT2D eigenvalue weighted by molar-refractivity contribution is 5.78. The van der Waals surface area contributed by atoms with Crippen molar-refractivity contribution in [2.45, 2.75) is 25.3 Å². The third-order valence-electron chi connectivity index (χ3n) is 3.77. The minimum atomic E-state index is 0.222. The number of nitrogens with one attached hydrogen (secondary N) is 1. The lowest BCUT2D eigenvalue weighted by Crippen LogP contribution is -2.44. The average molecular weight is 262 g/mol. The van der Waals surface area contributed by atoms with E-state index in [-0.39, 0.29) is 5.91 Å². The summed E-state index contributed by atoms with van der Waals surface area (Å²) in [6, 6.07) is 8.27. The van der Waals surface area contributed by atoms with Crippen LogP contribution in [0, 0.1) is 0 Å². The molecule has 1 heterocycles. The Morgan fingerprint density at radius 1 is 1.32 bits per heavy atom. The van der Waals surface area contributed by atoms with E-state index in [0.717, 1.165) is 37.2 Å². The zero-order valence-electron chi connectivity index (χ0n) is 11.7. The minimum Gasteiger partial charge on any atom is -0.497 e. The largest absolute Gasteiger partial charge is 0.497 e.